The van der Waals surface area contributed by atoms with E-state index >= 15 is 0 Å². The van der Waals surface area contributed by atoms with Gasteiger partial charge in [-0.1, -0.05) is 18.2 Å². The van der Waals surface area contributed by atoms with E-state index in [0.29, 0.717) is 5.69 Å². The largest absolute Gasteiger partial charge is 0.478 e. The molecule has 0 amide bonds. The number of para-hydroxylation sites is 1. The minimum absolute atomic E-state index is 0.210. The lowest BCUT2D eigenvalue weighted by molar-refractivity contribution is 0.0697. The van der Waals surface area contributed by atoms with E-state index in [4.69, 9.17) is 0 Å². The summed E-state index contributed by atoms with van der Waals surface area (Å²) < 4.78 is 1.58. The first kappa shape index (κ1) is 10.6. The Kier molecular flexibility index (Phi) is 2.19. The molecule has 0 saturated heterocycles. The average Bonchev–Trinajstić information content (AvgIpc) is 2.92. The van der Waals surface area contributed by atoms with Crippen LogP contribution in [0.15, 0.2) is 36.7 Å². The minimum atomic E-state index is -0.969. The normalized spacial score (nSPS) is 10.9. The molecule has 0 saturated carbocycles. The first-order chi connectivity index (χ1) is 8.68. The molecule has 0 bridgehead atoms. The van der Waals surface area contributed by atoms with Crippen LogP contribution in [0.3, 0.4) is 0 Å². The van der Waals surface area contributed by atoms with Crippen molar-refractivity contribution >= 4 is 16.9 Å². The second-order valence-corrected chi connectivity index (χ2v) is 4.08. The summed E-state index contributed by atoms with van der Waals surface area (Å²) in [6, 6.07) is 7.77. The fourth-order valence-corrected chi connectivity index (χ4v) is 2.18. The van der Waals surface area contributed by atoms with Crippen LogP contribution in [0.1, 0.15) is 10.4 Å². The Morgan fingerprint density at radius 1 is 1.39 bits per heavy atom. The van der Waals surface area contributed by atoms with Crippen molar-refractivity contribution in [2.24, 2.45) is 7.05 Å². The molecule has 0 spiro atoms. The Hall–Kier alpha value is -2.56. The number of hydrogen-bond donors (Lipinski definition) is 2. The predicted molar refractivity (Wildman–Crippen MR) is 67.5 cm³/mol. The second-order valence-electron chi connectivity index (χ2n) is 4.08. The summed E-state index contributed by atoms with van der Waals surface area (Å²) in [5, 5.41) is 14.2. The Bertz CT molecular complexity index is 740. The van der Waals surface area contributed by atoms with Gasteiger partial charge < -0.3 is 10.1 Å². The van der Waals surface area contributed by atoms with Crippen LogP contribution in [0.25, 0.3) is 22.2 Å². The van der Waals surface area contributed by atoms with Gasteiger partial charge in [-0.3, -0.25) is 4.68 Å². The van der Waals surface area contributed by atoms with Crippen LogP contribution >= 0.6 is 0 Å². The third-order valence-electron chi connectivity index (χ3n) is 3.01. The van der Waals surface area contributed by atoms with Crippen molar-refractivity contribution in [2.75, 3.05) is 0 Å². The molecule has 0 atom stereocenters. The number of aryl methyl sites for hydroxylation is 1. The van der Waals surface area contributed by atoms with Crippen molar-refractivity contribution in [3.05, 3.63) is 42.2 Å². The maximum absolute atomic E-state index is 11.2. The van der Waals surface area contributed by atoms with Gasteiger partial charge in [0.1, 0.15) is 5.56 Å². The Labute approximate surface area is 103 Å². The first-order valence-corrected chi connectivity index (χ1v) is 5.50. The van der Waals surface area contributed by atoms with Gasteiger partial charge in [-0.25, -0.2) is 4.79 Å². The van der Waals surface area contributed by atoms with E-state index in [9.17, 15) is 9.90 Å². The number of hydrogen-bond acceptors (Lipinski definition) is 2. The molecule has 18 heavy (non-hydrogen) atoms. The fourth-order valence-electron chi connectivity index (χ4n) is 2.18. The Morgan fingerprint density at radius 3 is 2.94 bits per heavy atom. The number of nitrogens with one attached hydrogen (secondary N) is 1. The summed E-state index contributed by atoms with van der Waals surface area (Å²) in [6.45, 7) is 0. The number of H-pyrrole nitrogens is 1. The number of nitrogens with zero attached hydrogens (tertiary/aromatic N) is 2. The molecule has 2 aromatic heterocycles. The van der Waals surface area contributed by atoms with Crippen molar-refractivity contribution in [3.63, 3.8) is 0 Å². The van der Waals surface area contributed by atoms with Crippen LogP contribution in [0.2, 0.25) is 0 Å². The molecule has 1 aromatic carbocycles. The van der Waals surface area contributed by atoms with Gasteiger partial charge in [0, 0.05) is 29.7 Å². The number of benzene rings is 1. The van der Waals surface area contributed by atoms with Crippen LogP contribution in [0, 0.1) is 0 Å². The maximum Gasteiger partial charge on any atom is 0.339 e. The summed E-state index contributed by atoms with van der Waals surface area (Å²) in [7, 11) is 1.74. The minimum Gasteiger partial charge on any atom is -0.478 e. The van der Waals surface area contributed by atoms with Gasteiger partial charge in [0.25, 0.3) is 0 Å². The van der Waals surface area contributed by atoms with Crippen LogP contribution in [0.4, 0.5) is 0 Å². The molecule has 0 aliphatic heterocycles. The van der Waals surface area contributed by atoms with E-state index in [2.05, 4.69) is 10.1 Å². The number of carboxylic acids is 1. The lowest BCUT2D eigenvalue weighted by Crippen LogP contribution is -2.00. The maximum atomic E-state index is 11.2. The van der Waals surface area contributed by atoms with Gasteiger partial charge in [0.2, 0.25) is 0 Å². The Balaban J connectivity index is 2.33. The van der Waals surface area contributed by atoms with Gasteiger partial charge in [-0.15, -0.1) is 0 Å². The van der Waals surface area contributed by atoms with Crippen LogP contribution in [-0.4, -0.2) is 25.8 Å². The summed E-state index contributed by atoms with van der Waals surface area (Å²) in [5.74, 6) is -0.969. The van der Waals surface area contributed by atoms with E-state index in [1.165, 1.54) is 6.20 Å². The summed E-state index contributed by atoms with van der Waals surface area (Å²) in [5.41, 5.74) is 2.65. The summed E-state index contributed by atoms with van der Waals surface area (Å²) >= 11 is 0. The molecular formula is C13H11N3O2. The standard InChI is InChI=1S/C13H11N3O2/c1-16-12(10(7-15-16)13(17)18)9-6-14-11-5-3-2-4-8(9)11/h2-7,14H,1H3,(H,17,18). The lowest BCUT2D eigenvalue weighted by atomic mass is 10.1. The molecule has 0 radical (unpaired) electrons. The van der Waals surface area contributed by atoms with Crippen LogP contribution in [-0.2, 0) is 7.05 Å². The fraction of sp³-hybridized carbons (Fsp3) is 0.0769. The lowest BCUT2D eigenvalue weighted by Gasteiger charge is -2.02. The first-order valence-electron chi connectivity index (χ1n) is 5.50. The topological polar surface area (TPSA) is 70.9 Å². The zero-order valence-corrected chi connectivity index (χ0v) is 9.71. The highest BCUT2D eigenvalue weighted by Crippen LogP contribution is 2.30. The third-order valence-corrected chi connectivity index (χ3v) is 3.01. The molecule has 0 fully saturated rings. The second kappa shape index (κ2) is 3.73. The molecule has 5 heteroatoms. The van der Waals surface area contributed by atoms with Crippen molar-refractivity contribution < 1.29 is 9.90 Å². The van der Waals surface area contributed by atoms with E-state index in [1.807, 2.05) is 30.5 Å². The number of aromatic nitrogens is 3. The molecule has 2 N–H and O–H groups in total. The van der Waals surface area contributed by atoms with Crippen molar-refractivity contribution in [2.45, 2.75) is 0 Å². The zero-order valence-electron chi connectivity index (χ0n) is 9.71. The molecule has 5 nitrogen and oxygen atoms in total. The molecule has 0 unspecified atom stereocenters. The number of rotatable bonds is 2. The third kappa shape index (κ3) is 1.41. The highest BCUT2D eigenvalue weighted by molar-refractivity contribution is 6.01. The summed E-state index contributed by atoms with van der Waals surface area (Å²) in [4.78, 5) is 14.3. The van der Waals surface area contributed by atoms with Crippen molar-refractivity contribution in [1.82, 2.24) is 14.8 Å². The predicted octanol–water partition coefficient (Wildman–Crippen LogP) is 2.27. The van der Waals surface area contributed by atoms with E-state index in [1.54, 1.807) is 11.7 Å². The zero-order chi connectivity index (χ0) is 12.7. The average molecular weight is 241 g/mol. The number of aromatic amines is 1. The Morgan fingerprint density at radius 2 is 2.17 bits per heavy atom. The highest BCUT2D eigenvalue weighted by atomic mass is 16.4. The number of carboxylic acid groups (broad SMARTS) is 1. The summed E-state index contributed by atoms with van der Waals surface area (Å²) in [6.07, 6.45) is 3.19. The molecule has 2 heterocycles. The number of carbonyl (C=O) groups is 1. The quantitative estimate of drug-likeness (QED) is 0.723. The number of fused-ring (bicyclic) bond motifs is 1. The van der Waals surface area contributed by atoms with Crippen molar-refractivity contribution in [3.8, 4) is 11.3 Å². The molecule has 0 aliphatic carbocycles. The monoisotopic (exact) mass is 241 g/mol. The SMILES string of the molecule is Cn1ncc(C(=O)O)c1-c1c[nH]c2ccccc12. The van der Waals surface area contributed by atoms with Gasteiger partial charge in [-0.05, 0) is 6.07 Å². The molecular weight excluding hydrogens is 230 g/mol. The van der Waals surface area contributed by atoms with Crippen molar-refractivity contribution in [1.29, 1.82) is 0 Å². The van der Waals surface area contributed by atoms with Gasteiger partial charge in [0.15, 0.2) is 0 Å². The molecule has 90 valence electrons. The van der Waals surface area contributed by atoms with E-state index < -0.39 is 5.97 Å². The van der Waals surface area contributed by atoms with E-state index in [-0.39, 0.29) is 5.56 Å². The van der Waals surface area contributed by atoms with Gasteiger partial charge in [0.05, 0.1) is 11.9 Å². The highest BCUT2D eigenvalue weighted by Gasteiger charge is 2.19. The van der Waals surface area contributed by atoms with Gasteiger partial charge >= 0.3 is 5.97 Å². The van der Waals surface area contributed by atoms with Gasteiger partial charge in [-0.2, -0.15) is 5.10 Å². The smallest absolute Gasteiger partial charge is 0.339 e. The molecule has 3 rings (SSSR count). The number of aromatic carboxylic acids is 1. The molecule has 0 aliphatic rings. The van der Waals surface area contributed by atoms with Crippen LogP contribution < -0.4 is 0 Å². The van der Waals surface area contributed by atoms with E-state index in [0.717, 1.165) is 16.5 Å². The molecule has 3 aromatic rings. The van der Waals surface area contributed by atoms with Crippen LogP contribution in [0.5, 0.6) is 0 Å².